The molecular weight excluding hydrogens is 320 g/mol. The molecule has 0 atom stereocenters. The second kappa shape index (κ2) is 7.18. The second-order valence-corrected chi connectivity index (χ2v) is 7.47. The molecule has 2 heterocycles. The van der Waals surface area contributed by atoms with Gasteiger partial charge in [0.05, 0.1) is 4.88 Å². The van der Waals surface area contributed by atoms with Crippen molar-refractivity contribution in [3.63, 3.8) is 0 Å². The molecule has 1 aliphatic rings. The lowest BCUT2D eigenvalue weighted by Gasteiger charge is -2.29. The lowest BCUT2D eigenvalue weighted by molar-refractivity contribution is -0.116. The van der Waals surface area contributed by atoms with E-state index in [1.165, 1.54) is 11.3 Å². The molecule has 5 heteroatoms. The smallest absolute Gasteiger partial charge is 0.268 e. The Labute approximate surface area is 146 Å². The second-order valence-electron chi connectivity index (χ2n) is 6.53. The van der Waals surface area contributed by atoms with E-state index >= 15 is 0 Å². The first-order chi connectivity index (χ1) is 11.5. The van der Waals surface area contributed by atoms with Crippen molar-refractivity contribution >= 4 is 34.5 Å². The molecule has 0 saturated heterocycles. The quantitative estimate of drug-likeness (QED) is 0.899. The van der Waals surface area contributed by atoms with Gasteiger partial charge in [0.1, 0.15) is 0 Å². The summed E-state index contributed by atoms with van der Waals surface area (Å²) in [4.78, 5) is 27.3. The standard InChI is InChI=1S/C19H22N2O2S/c1-13(2)11-18(22)20-15-8-7-14-5-3-9-21(16(14)12-15)19(23)17-6-4-10-24-17/h4,6-8,10,12-13H,3,5,9,11H2,1-2H3,(H,20,22). The lowest BCUT2D eigenvalue weighted by Crippen LogP contribution is -2.35. The highest BCUT2D eigenvalue weighted by Crippen LogP contribution is 2.32. The average Bonchev–Trinajstić information content (AvgIpc) is 3.07. The zero-order valence-electron chi connectivity index (χ0n) is 14.0. The molecule has 1 aromatic carbocycles. The fraction of sp³-hybridized carbons (Fsp3) is 0.368. The summed E-state index contributed by atoms with van der Waals surface area (Å²) in [5.41, 5.74) is 2.83. The number of hydrogen-bond donors (Lipinski definition) is 1. The summed E-state index contributed by atoms with van der Waals surface area (Å²) < 4.78 is 0. The van der Waals surface area contributed by atoms with Gasteiger partial charge in [-0.05, 0) is 47.9 Å². The van der Waals surface area contributed by atoms with Gasteiger partial charge in [-0.25, -0.2) is 0 Å². The Bertz CT molecular complexity index is 738. The number of carbonyl (C=O) groups is 2. The first kappa shape index (κ1) is 16.7. The third kappa shape index (κ3) is 3.67. The van der Waals surface area contributed by atoms with Crippen molar-refractivity contribution in [1.29, 1.82) is 0 Å². The Kier molecular flexibility index (Phi) is 5.00. The molecule has 2 aromatic rings. The van der Waals surface area contributed by atoms with Crippen molar-refractivity contribution in [3.8, 4) is 0 Å². The number of carbonyl (C=O) groups excluding carboxylic acids is 2. The monoisotopic (exact) mass is 342 g/mol. The number of fused-ring (bicyclic) bond motifs is 1. The van der Waals surface area contributed by atoms with Gasteiger partial charge in [0, 0.05) is 24.3 Å². The van der Waals surface area contributed by atoms with E-state index in [2.05, 4.69) is 5.32 Å². The fourth-order valence-electron chi connectivity index (χ4n) is 2.98. The number of thiophene rings is 1. The maximum atomic E-state index is 12.8. The molecule has 126 valence electrons. The van der Waals surface area contributed by atoms with Crippen molar-refractivity contribution in [2.24, 2.45) is 5.92 Å². The van der Waals surface area contributed by atoms with Gasteiger partial charge in [-0.1, -0.05) is 26.0 Å². The van der Waals surface area contributed by atoms with Gasteiger partial charge in [0.2, 0.25) is 5.91 Å². The Morgan fingerprint density at radius 2 is 2.12 bits per heavy atom. The van der Waals surface area contributed by atoms with Crippen LogP contribution < -0.4 is 10.2 Å². The first-order valence-electron chi connectivity index (χ1n) is 8.32. The predicted octanol–water partition coefficient (Wildman–Crippen LogP) is 4.33. The molecule has 3 rings (SSSR count). The van der Waals surface area contributed by atoms with Crippen LogP contribution in [0.3, 0.4) is 0 Å². The molecule has 0 radical (unpaired) electrons. The maximum Gasteiger partial charge on any atom is 0.268 e. The molecule has 4 nitrogen and oxygen atoms in total. The largest absolute Gasteiger partial charge is 0.326 e. The number of nitrogens with one attached hydrogen (secondary N) is 1. The minimum absolute atomic E-state index is 0.0110. The third-order valence-corrected chi connectivity index (χ3v) is 4.92. The summed E-state index contributed by atoms with van der Waals surface area (Å²) in [5.74, 6) is 0.369. The van der Waals surface area contributed by atoms with Crippen LogP contribution in [0.25, 0.3) is 0 Å². The van der Waals surface area contributed by atoms with Crippen LogP contribution in [0.4, 0.5) is 11.4 Å². The number of hydrogen-bond acceptors (Lipinski definition) is 3. The molecule has 1 N–H and O–H groups in total. The van der Waals surface area contributed by atoms with Gasteiger partial charge in [0.15, 0.2) is 0 Å². The van der Waals surface area contributed by atoms with Crippen molar-refractivity contribution in [2.45, 2.75) is 33.1 Å². The van der Waals surface area contributed by atoms with E-state index in [0.29, 0.717) is 18.9 Å². The molecule has 0 unspecified atom stereocenters. The summed E-state index contributed by atoms with van der Waals surface area (Å²) in [5, 5.41) is 4.86. The van der Waals surface area contributed by atoms with E-state index in [-0.39, 0.29) is 11.8 Å². The summed E-state index contributed by atoms with van der Waals surface area (Å²) in [6, 6.07) is 9.63. The highest BCUT2D eigenvalue weighted by atomic mass is 32.1. The molecule has 0 fully saturated rings. The van der Waals surface area contributed by atoms with Crippen molar-refractivity contribution < 1.29 is 9.59 Å². The Morgan fingerprint density at radius 3 is 2.83 bits per heavy atom. The van der Waals surface area contributed by atoms with E-state index in [9.17, 15) is 9.59 Å². The van der Waals surface area contributed by atoms with Crippen molar-refractivity contribution in [3.05, 3.63) is 46.2 Å². The van der Waals surface area contributed by atoms with E-state index in [4.69, 9.17) is 0 Å². The molecular formula is C19H22N2O2S. The topological polar surface area (TPSA) is 49.4 Å². The molecule has 1 aliphatic heterocycles. The van der Waals surface area contributed by atoms with Crippen LogP contribution in [0.5, 0.6) is 0 Å². The third-order valence-electron chi connectivity index (χ3n) is 4.06. The number of rotatable bonds is 4. The molecule has 0 bridgehead atoms. The van der Waals surface area contributed by atoms with Gasteiger partial charge in [-0.3, -0.25) is 9.59 Å². The SMILES string of the molecule is CC(C)CC(=O)Nc1ccc2c(c1)N(C(=O)c1cccs1)CCC2. The maximum absolute atomic E-state index is 12.8. The van der Waals surface area contributed by atoms with E-state index in [0.717, 1.165) is 34.7 Å². The van der Waals surface area contributed by atoms with Crippen LogP contribution in [0, 0.1) is 5.92 Å². The van der Waals surface area contributed by atoms with Crippen LogP contribution in [0.15, 0.2) is 35.7 Å². The van der Waals surface area contributed by atoms with Crippen LogP contribution >= 0.6 is 11.3 Å². The fourth-order valence-corrected chi connectivity index (χ4v) is 3.65. The minimum Gasteiger partial charge on any atom is -0.326 e. The van der Waals surface area contributed by atoms with Gasteiger partial charge in [-0.15, -0.1) is 11.3 Å². The normalized spacial score (nSPS) is 13.7. The number of anilines is 2. The summed E-state index contributed by atoms with van der Waals surface area (Å²) in [6.45, 7) is 4.76. The van der Waals surface area contributed by atoms with Crippen LogP contribution in [0.1, 0.15) is 41.9 Å². The van der Waals surface area contributed by atoms with E-state index in [1.54, 1.807) is 0 Å². The lowest BCUT2D eigenvalue weighted by atomic mass is 10.0. The molecule has 0 saturated carbocycles. The molecule has 2 amide bonds. The first-order valence-corrected chi connectivity index (χ1v) is 9.20. The highest BCUT2D eigenvalue weighted by Gasteiger charge is 2.24. The molecule has 0 spiro atoms. The van der Waals surface area contributed by atoms with Gasteiger partial charge in [-0.2, -0.15) is 0 Å². The molecule has 24 heavy (non-hydrogen) atoms. The predicted molar refractivity (Wildman–Crippen MR) is 98.8 cm³/mol. The Morgan fingerprint density at radius 1 is 1.29 bits per heavy atom. The van der Waals surface area contributed by atoms with E-state index in [1.807, 2.05) is 54.5 Å². The van der Waals surface area contributed by atoms with Crippen molar-refractivity contribution in [2.75, 3.05) is 16.8 Å². The van der Waals surface area contributed by atoms with Gasteiger partial charge >= 0.3 is 0 Å². The number of benzene rings is 1. The highest BCUT2D eigenvalue weighted by molar-refractivity contribution is 7.12. The zero-order chi connectivity index (χ0) is 17.1. The van der Waals surface area contributed by atoms with Crippen LogP contribution in [-0.4, -0.2) is 18.4 Å². The summed E-state index contributed by atoms with van der Waals surface area (Å²) in [6.07, 6.45) is 2.42. The Hall–Kier alpha value is -2.14. The molecule has 0 aliphatic carbocycles. The number of nitrogens with zero attached hydrogens (tertiary/aromatic N) is 1. The minimum atomic E-state index is 0.0110. The molecule has 1 aromatic heterocycles. The van der Waals surface area contributed by atoms with E-state index < -0.39 is 0 Å². The van der Waals surface area contributed by atoms with Crippen LogP contribution in [0.2, 0.25) is 0 Å². The number of amides is 2. The summed E-state index contributed by atoms with van der Waals surface area (Å²) in [7, 11) is 0. The average molecular weight is 342 g/mol. The Balaban J connectivity index is 1.84. The van der Waals surface area contributed by atoms with Gasteiger partial charge in [0.25, 0.3) is 5.91 Å². The van der Waals surface area contributed by atoms with Crippen LogP contribution in [-0.2, 0) is 11.2 Å². The zero-order valence-corrected chi connectivity index (χ0v) is 14.9. The number of aryl methyl sites for hydroxylation is 1. The summed E-state index contributed by atoms with van der Waals surface area (Å²) >= 11 is 1.46. The van der Waals surface area contributed by atoms with Crippen molar-refractivity contribution in [1.82, 2.24) is 0 Å². The van der Waals surface area contributed by atoms with Gasteiger partial charge < -0.3 is 10.2 Å².